The summed E-state index contributed by atoms with van der Waals surface area (Å²) in [4.78, 5) is 102. The van der Waals surface area contributed by atoms with Crippen LogP contribution in [0, 0.1) is 0 Å². The number of hydrogen-bond acceptors (Lipinski definition) is 33. The number of tetrazole rings is 3. The normalized spacial score (nSPS) is 11.0. The van der Waals surface area contributed by atoms with Gasteiger partial charge in [-0.15, -0.1) is 30.6 Å². The Kier molecular flexibility index (Phi) is 20.4. The Morgan fingerprint density at radius 1 is 0.304 bits per heavy atom. The highest BCUT2D eigenvalue weighted by Crippen LogP contribution is 2.35. The molecule has 20 rings (SSSR count). The third-order valence-electron chi connectivity index (χ3n) is 15.9. The molecule has 15 aromatic heterocycles. The smallest absolute Gasteiger partial charge is 0.296 e. The van der Waals surface area contributed by atoms with E-state index in [1.54, 1.807) is 79.5 Å². The van der Waals surface area contributed by atoms with Gasteiger partial charge in [0.15, 0.2) is 0 Å². The van der Waals surface area contributed by atoms with Crippen LogP contribution in [0.2, 0.25) is 25.1 Å². The zero-order valence-electron chi connectivity index (χ0n) is 56.0. The van der Waals surface area contributed by atoms with Gasteiger partial charge in [0.05, 0.1) is 81.2 Å². The number of pyridine rings is 2. The summed E-state index contributed by atoms with van der Waals surface area (Å²) in [5, 5.41) is 55.4. The minimum atomic E-state index is -0.647. The lowest BCUT2D eigenvalue weighted by molar-refractivity contribution is 0.387. The van der Waals surface area contributed by atoms with Crippen molar-refractivity contribution in [3.63, 3.8) is 0 Å². The number of nitrogens with one attached hydrogen (secondary N) is 5. The van der Waals surface area contributed by atoms with Gasteiger partial charge >= 0.3 is 11.5 Å². The van der Waals surface area contributed by atoms with Crippen LogP contribution in [0.4, 0.5) is 0 Å². The Morgan fingerprint density at radius 3 is 1.01 bits per heavy atom. The van der Waals surface area contributed by atoms with E-state index >= 15 is 0 Å². The van der Waals surface area contributed by atoms with Crippen molar-refractivity contribution in [3.8, 4) is 114 Å². The molecule has 0 unspecified atom stereocenters. The van der Waals surface area contributed by atoms with E-state index in [9.17, 15) is 9.59 Å². The zero-order chi connectivity index (χ0) is 76.4. The summed E-state index contributed by atoms with van der Waals surface area (Å²) >= 11 is 31.4. The van der Waals surface area contributed by atoms with Gasteiger partial charge in [-0.05, 0) is 119 Å². The minimum absolute atomic E-state index is 0.230. The van der Waals surface area contributed by atoms with Crippen LogP contribution >= 0.6 is 58.0 Å². The highest BCUT2D eigenvalue weighted by Gasteiger charge is 2.18. The maximum atomic E-state index is 11.1. The molecule has 0 atom stereocenters. The van der Waals surface area contributed by atoms with Crippen LogP contribution < -0.4 is 11.5 Å². The van der Waals surface area contributed by atoms with E-state index in [-0.39, 0.29) is 11.6 Å². The molecular formula is C69H37Cl5N34O4. The van der Waals surface area contributed by atoms with Gasteiger partial charge in [0.2, 0.25) is 29.1 Å². The number of aromatic amines is 5. The summed E-state index contributed by atoms with van der Waals surface area (Å²) in [5.41, 5.74) is 13.7. The molecule has 0 fully saturated rings. The van der Waals surface area contributed by atoms with E-state index in [2.05, 4.69) is 181 Å². The summed E-state index contributed by atoms with van der Waals surface area (Å²) in [6.45, 7) is 0. The highest BCUT2D eigenvalue weighted by atomic mass is 35.5. The molecule has 0 aliphatic heterocycles. The summed E-state index contributed by atoms with van der Waals surface area (Å²) in [7, 11) is 0. The first-order valence-electron chi connectivity index (χ1n) is 32.1. The number of benzene rings is 5. The number of aromatic nitrogens is 34. The zero-order valence-corrected chi connectivity index (χ0v) is 59.7. The van der Waals surface area contributed by atoms with Crippen LogP contribution in [-0.2, 0) is 0 Å². The number of H-pyrrole nitrogens is 5. The molecule has 0 aliphatic rings. The first-order valence-corrected chi connectivity index (χ1v) is 34.0. The van der Waals surface area contributed by atoms with Crippen LogP contribution in [-0.4, -0.2) is 172 Å². The van der Waals surface area contributed by atoms with Gasteiger partial charge in [-0.25, -0.2) is 89.3 Å². The number of hydrogen-bond donors (Lipinski definition) is 5. The number of fused-ring (bicyclic) bond motifs is 5. The predicted octanol–water partition coefficient (Wildman–Crippen LogP) is 11.1. The van der Waals surface area contributed by atoms with E-state index in [0.29, 0.717) is 105 Å². The molecule has 112 heavy (non-hydrogen) atoms. The van der Waals surface area contributed by atoms with Gasteiger partial charge in [-0.3, -0.25) is 29.0 Å². The number of nitrogens with zero attached hydrogens (tertiary/aromatic N) is 29. The Labute approximate surface area is 646 Å². The van der Waals surface area contributed by atoms with E-state index in [4.69, 9.17) is 58.0 Å². The molecule has 0 spiro atoms. The Morgan fingerprint density at radius 2 is 0.634 bits per heavy atom. The molecule has 5 N–H and O–H groups in total. The Balaban J connectivity index is 0.000000106. The quantitative estimate of drug-likeness (QED) is 0.0849. The molecule has 0 aliphatic carbocycles. The van der Waals surface area contributed by atoms with Crippen LogP contribution in [0.5, 0.6) is 0 Å². The monoisotopic (exact) mass is 1580 g/mol. The highest BCUT2D eigenvalue weighted by molar-refractivity contribution is 6.37. The summed E-state index contributed by atoms with van der Waals surface area (Å²) < 4.78 is 8.97. The topological polar surface area (TPSA) is 513 Å². The van der Waals surface area contributed by atoms with Crippen molar-refractivity contribution in [1.29, 1.82) is 0 Å². The lowest BCUT2D eigenvalue weighted by atomic mass is 10.1. The molecule has 38 nitrogen and oxygen atoms in total. The van der Waals surface area contributed by atoms with E-state index in [1.807, 2.05) is 66.7 Å². The van der Waals surface area contributed by atoms with Crippen LogP contribution in [0.3, 0.4) is 0 Å². The second-order valence-electron chi connectivity index (χ2n) is 22.9. The standard InChI is InChI=1S/C15H8ClN5O2.C14H8ClN7.C14H7ClN6O2.2C13H7ClN8/c16-10-5-9(4-8-2-1-3-17-13(8)10)11-6-12(19-7-18-11)14-20-15(22)23-21-14;15-10-5-9(4-8-2-1-3-16-13(8)10)11-6-12(18-7-17-11)14-19-21-22-20-14;15-9-2-7(1-8-4-16-5-19-12(8)9)10-3-11(18-6-17-10)13-20-14(22)23-21-13;14-9-1-7(2-11-8(9)4-15-5-16-11)10-3-12(18-6-17-10)13-19-21-22-20-13;14-9-2-7(1-8-4-15-5-18-12(8)9)10-3-11(17-6-16-10)13-19-21-22-20-13/h1-7H,(H,20,21,22);1-7H,(H,19,20,21,22);1-6H,(H,20,21,22);2*1-6H,(H,19,20,21,22). The van der Waals surface area contributed by atoms with Crippen molar-refractivity contribution in [2.75, 3.05) is 0 Å². The summed E-state index contributed by atoms with van der Waals surface area (Å²) in [5.74, 6) is 0.404. The SMILES string of the molecule is Clc1cc(-c2cc(-c3nn[nH]n3)ncn2)cc2cccnc12.Clc1cc(-c2cc(-c3nn[nH]n3)ncn2)cc2cncnc12.Clc1cc(-c2cc(-c3nn[nH]n3)ncn2)cc2ncncc12.O=c1[nH]c(-c2cc(-c3cc(Cl)c4ncccc4c3)ncn2)no1.O=c1[nH]c(-c2cc(-c3cc(Cl)c4ncncc4c3)ncn2)no1. The maximum absolute atomic E-state index is 11.1. The largest absolute Gasteiger partial charge is 0.439 e. The van der Waals surface area contributed by atoms with Crippen LogP contribution in [0.15, 0.2) is 215 Å². The second-order valence-corrected chi connectivity index (χ2v) is 24.9. The van der Waals surface area contributed by atoms with Gasteiger partial charge in [-0.1, -0.05) is 80.5 Å². The fraction of sp³-hybridized carbons (Fsp3) is 0. The van der Waals surface area contributed by atoms with Gasteiger partial charge in [0.25, 0.3) is 0 Å². The number of halogens is 5. The molecule has 5 aromatic carbocycles. The third kappa shape index (κ3) is 16.0. The first kappa shape index (κ1) is 71.2. The molecule has 0 saturated heterocycles. The van der Waals surface area contributed by atoms with Gasteiger partial charge in [0, 0.05) is 85.7 Å². The molecule has 0 amide bonds. The Hall–Kier alpha value is -15.1. The summed E-state index contributed by atoms with van der Waals surface area (Å²) in [6, 6.07) is 34.9. The van der Waals surface area contributed by atoms with Gasteiger partial charge in [-0.2, -0.15) is 15.6 Å². The van der Waals surface area contributed by atoms with Crippen molar-refractivity contribution in [2.24, 2.45) is 0 Å². The van der Waals surface area contributed by atoms with Crippen molar-refractivity contribution >= 4 is 113 Å². The van der Waals surface area contributed by atoms with Crippen molar-refractivity contribution in [2.45, 2.75) is 0 Å². The molecular weight excluding hydrogens is 1550 g/mol. The second kappa shape index (κ2) is 32.1. The first-order chi connectivity index (χ1) is 54.8. The van der Waals surface area contributed by atoms with Crippen molar-refractivity contribution in [3.05, 3.63) is 243 Å². The molecule has 15 heterocycles. The number of rotatable bonds is 10. The average Bonchev–Trinajstić information content (AvgIpc) is 1.04. The fourth-order valence-electron chi connectivity index (χ4n) is 10.9. The van der Waals surface area contributed by atoms with E-state index in [1.165, 1.54) is 50.6 Å². The molecule has 20 aromatic rings. The van der Waals surface area contributed by atoms with Gasteiger partial charge in [0.1, 0.15) is 79.1 Å². The van der Waals surface area contributed by atoms with E-state index in [0.717, 1.165) is 77.0 Å². The summed E-state index contributed by atoms with van der Waals surface area (Å²) in [6.07, 6.45) is 20.0. The van der Waals surface area contributed by atoms with E-state index < -0.39 is 11.5 Å². The minimum Gasteiger partial charge on any atom is -0.296 e. The maximum Gasteiger partial charge on any atom is 0.439 e. The van der Waals surface area contributed by atoms with Crippen molar-refractivity contribution < 1.29 is 9.05 Å². The Bertz CT molecular complexity index is 6370. The fourth-order valence-corrected chi connectivity index (χ4v) is 12.3. The van der Waals surface area contributed by atoms with Crippen LogP contribution in [0.1, 0.15) is 0 Å². The predicted molar refractivity (Wildman–Crippen MR) is 404 cm³/mol. The van der Waals surface area contributed by atoms with Crippen molar-refractivity contribution in [1.82, 2.24) is 172 Å². The van der Waals surface area contributed by atoms with Gasteiger partial charge < -0.3 is 0 Å². The molecule has 0 bridgehead atoms. The lowest BCUT2D eigenvalue weighted by Crippen LogP contribution is -1.96. The lowest BCUT2D eigenvalue weighted by Gasteiger charge is -2.05. The third-order valence-corrected chi connectivity index (χ3v) is 17.4. The molecule has 0 saturated carbocycles. The molecule has 0 radical (unpaired) electrons. The van der Waals surface area contributed by atoms with Crippen LogP contribution in [0.25, 0.3) is 168 Å². The molecule has 43 heteroatoms. The average molecular weight is 1580 g/mol. The molecule has 542 valence electrons.